The molecular formula is C25H35NO3. The number of benzene rings is 1. The molecule has 7 rings (SSSR count). The summed E-state index contributed by atoms with van der Waals surface area (Å²) in [5.74, 6) is 3.19. The predicted octanol–water partition coefficient (Wildman–Crippen LogP) is 4.36. The van der Waals surface area contributed by atoms with Crippen molar-refractivity contribution in [2.75, 3.05) is 0 Å². The van der Waals surface area contributed by atoms with Crippen LogP contribution in [-0.2, 0) is 5.41 Å². The molecule has 0 radical (unpaired) electrons. The summed E-state index contributed by atoms with van der Waals surface area (Å²) >= 11 is 0. The highest BCUT2D eigenvalue weighted by molar-refractivity contribution is 5.54. The minimum atomic E-state index is -0.280. The van der Waals surface area contributed by atoms with Crippen molar-refractivity contribution < 1.29 is 14.9 Å². The van der Waals surface area contributed by atoms with Gasteiger partial charge in [-0.15, -0.1) is 0 Å². The molecule has 0 aromatic heterocycles. The third-order valence-electron chi connectivity index (χ3n) is 9.30. The Bertz CT molecular complexity index is 848. The summed E-state index contributed by atoms with van der Waals surface area (Å²) in [6.07, 6.45) is 9.34. The summed E-state index contributed by atoms with van der Waals surface area (Å²) < 4.78 is 6.56. The van der Waals surface area contributed by atoms with Crippen LogP contribution in [0.2, 0.25) is 0 Å². The van der Waals surface area contributed by atoms with E-state index in [2.05, 4.69) is 19.9 Å². The van der Waals surface area contributed by atoms with Gasteiger partial charge < -0.3 is 20.7 Å². The molecule has 1 aromatic rings. The van der Waals surface area contributed by atoms with Gasteiger partial charge in [0.15, 0.2) is 0 Å². The molecule has 4 N–H and O–H groups in total. The summed E-state index contributed by atoms with van der Waals surface area (Å²) in [4.78, 5) is 0. The number of ether oxygens (including phenoxy) is 1. The Balaban J connectivity index is 1.45. The smallest absolute Gasteiger partial charge is 0.127 e. The number of aliphatic hydroxyl groups excluding tert-OH is 1. The fourth-order valence-electron chi connectivity index (χ4n) is 8.70. The summed E-state index contributed by atoms with van der Waals surface area (Å²) in [5, 5.41) is 21.5. The normalized spacial score (nSPS) is 46.7. The topological polar surface area (TPSA) is 75.7 Å². The zero-order valence-corrected chi connectivity index (χ0v) is 17.8. The molecule has 5 fully saturated rings. The summed E-state index contributed by atoms with van der Waals surface area (Å²) in [6.45, 7) is 4.35. The van der Waals surface area contributed by atoms with Crippen LogP contribution < -0.4 is 10.5 Å². The van der Waals surface area contributed by atoms with Gasteiger partial charge in [-0.05, 0) is 107 Å². The van der Waals surface area contributed by atoms with Crippen LogP contribution in [-0.4, -0.2) is 27.5 Å². The number of phenols is 1. The summed E-state index contributed by atoms with van der Waals surface area (Å²) in [6, 6.07) is 4.28. The number of fused-ring (bicyclic) bond motifs is 3. The van der Waals surface area contributed by atoms with E-state index in [0.29, 0.717) is 11.7 Å². The van der Waals surface area contributed by atoms with Crippen LogP contribution in [0.5, 0.6) is 11.5 Å². The molecule has 0 saturated heterocycles. The minimum absolute atomic E-state index is 0.0195. The molecule has 4 bridgehead atoms. The van der Waals surface area contributed by atoms with Crippen molar-refractivity contribution in [1.82, 2.24) is 0 Å². The molecule has 0 spiro atoms. The molecule has 1 aliphatic heterocycles. The molecule has 29 heavy (non-hydrogen) atoms. The summed E-state index contributed by atoms with van der Waals surface area (Å²) in [5.41, 5.74) is 8.82. The monoisotopic (exact) mass is 397 g/mol. The Labute approximate surface area is 173 Å². The van der Waals surface area contributed by atoms with Gasteiger partial charge in [0, 0.05) is 22.9 Å². The first kappa shape index (κ1) is 18.5. The van der Waals surface area contributed by atoms with Crippen LogP contribution in [0.4, 0.5) is 0 Å². The molecule has 5 atom stereocenters. The first-order chi connectivity index (χ1) is 13.7. The predicted molar refractivity (Wildman–Crippen MR) is 112 cm³/mol. The Morgan fingerprint density at radius 1 is 1.03 bits per heavy atom. The Morgan fingerprint density at radius 2 is 1.76 bits per heavy atom. The van der Waals surface area contributed by atoms with Crippen molar-refractivity contribution in [2.24, 2.45) is 23.5 Å². The molecule has 2 unspecified atom stereocenters. The molecule has 1 heterocycles. The highest BCUT2D eigenvalue weighted by Crippen LogP contribution is 2.63. The Morgan fingerprint density at radius 3 is 2.45 bits per heavy atom. The minimum Gasteiger partial charge on any atom is -0.508 e. The average Bonchev–Trinajstić information content (AvgIpc) is 2.58. The number of rotatable bonds is 1. The fourth-order valence-corrected chi connectivity index (χ4v) is 8.70. The van der Waals surface area contributed by atoms with Crippen molar-refractivity contribution in [3.63, 3.8) is 0 Å². The first-order valence-corrected chi connectivity index (χ1v) is 11.7. The van der Waals surface area contributed by atoms with E-state index >= 15 is 0 Å². The Hall–Kier alpha value is -1.26. The largest absolute Gasteiger partial charge is 0.508 e. The van der Waals surface area contributed by atoms with Crippen LogP contribution in [0.1, 0.15) is 88.7 Å². The van der Waals surface area contributed by atoms with E-state index in [-0.39, 0.29) is 28.6 Å². The van der Waals surface area contributed by atoms with Crippen molar-refractivity contribution in [3.8, 4) is 11.5 Å². The van der Waals surface area contributed by atoms with Gasteiger partial charge in [-0.25, -0.2) is 0 Å². The van der Waals surface area contributed by atoms with Gasteiger partial charge >= 0.3 is 0 Å². The molecule has 5 saturated carbocycles. The van der Waals surface area contributed by atoms with E-state index in [1.54, 1.807) is 0 Å². The number of hydrogen-bond acceptors (Lipinski definition) is 4. The van der Waals surface area contributed by atoms with E-state index in [0.717, 1.165) is 48.8 Å². The van der Waals surface area contributed by atoms with Crippen LogP contribution in [0.3, 0.4) is 0 Å². The molecule has 0 amide bonds. The Kier molecular flexibility index (Phi) is 3.64. The quantitative estimate of drug-likeness (QED) is 0.658. The second-order valence-electron chi connectivity index (χ2n) is 11.9. The lowest BCUT2D eigenvalue weighted by Gasteiger charge is -2.61. The van der Waals surface area contributed by atoms with Crippen LogP contribution in [0, 0.1) is 17.8 Å². The molecule has 4 nitrogen and oxygen atoms in total. The van der Waals surface area contributed by atoms with Gasteiger partial charge in [0.1, 0.15) is 17.1 Å². The number of phenolic OH excluding ortho intramolecular Hbond substituents is 1. The maximum absolute atomic E-state index is 11.2. The average molecular weight is 398 g/mol. The standard InChI is InChI=1S/C25H35NO3/c1-23(2)19-4-3-17(27)8-18(19)22-20(28)6-16(7-21(22)29-23)24-9-14-5-15(10-24)12-25(26,11-14)13-24/h6-7,14-15,17-19,27-28H,3-5,8-13,26H2,1-2H3/t14?,15?,17-,18-,19-,24?,25?/m1/s1. The number of aliphatic hydroxyl groups is 1. The van der Waals surface area contributed by atoms with E-state index in [1.807, 2.05) is 6.07 Å². The number of hydrogen-bond donors (Lipinski definition) is 3. The first-order valence-electron chi connectivity index (χ1n) is 11.7. The van der Waals surface area contributed by atoms with Crippen molar-refractivity contribution >= 4 is 0 Å². The third kappa shape index (κ3) is 2.64. The lowest BCUT2D eigenvalue weighted by atomic mass is 9.45. The van der Waals surface area contributed by atoms with Gasteiger partial charge in [0.25, 0.3) is 0 Å². The van der Waals surface area contributed by atoms with E-state index in [1.165, 1.54) is 37.7 Å². The lowest BCUT2D eigenvalue weighted by Crippen LogP contribution is -2.61. The summed E-state index contributed by atoms with van der Waals surface area (Å²) in [7, 11) is 0. The molecule has 5 aliphatic carbocycles. The van der Waals surface area contributed by atoms with E-state index in [4.69, 9.17) is 10.5 Å². The van der Waals surface area contributed by atoms with Crippen LogP contribution in [0.25, 0.3) is 0 Å². The number of nitrogens with two attached hydrogens (primary N) is 1. The second kappa shape index (κ2) is 5.70. The third-order valence-corrected chi connectivity index (χ3v) is 9.30. The second-order valence-corrected chi connectivity index (χ2v) is 11.9. The number of aromatic hydroxyl groups is 1. The molecule has 4 heteroatoms. The van der Waals surface area contributed by atoms with E-state index in [9.17, 15) is 10.2 Å². The van der Waals surface area contributed by atoms with E-state index < -0.39 is 0 Å². The molecule has 1 aromatic carbocycles. The molecule has 158 valence electrons. The molecule has 6 aliphatic rings. The van der Waals surface area contributed by atoms with Gasteiger partial charge in [0.05, 0.1) is 6.10 Å². The molecular weight excluding hydrogens is 362 g/mol. The highest BCUT2D eigenvalue weighted by Gasteiger charge is 2.57. The SMILES string of the molecule is CC1(C)Oc2cc(C34CC5CC(CC(N)(C5)C3)C4)cc(O)c2[C@@H]2C[C@H](O)CC[C@H]21. The highest BCUT2D eigenvalue weighted by atomic mass is 16.5. The van der Waals surface area contributed by atoms with Crippen LogP contribution in [0.15, 0.2) is 12.1 Å². The van der Waals surface area contributed by atoms with Crippen molar-refractivity contribution in [1.29, 1.82) is 0 Å². The fraction of sp³-hybridized carbons (Fsp3) is 0.760. The zero-order valence-electron chi connectivity index (χ0n) is 17.8. The zero-order chi connectivity index (χ0) is 20.2. The van der Waals surface area contributed by atoms with Crippen LogP contribution >= 0.6 is 0 Å². The van der Waals surface area contributed by atoms with Gasteiger partial charge in [-0.2, -0.15) is 0 Å². The van der Waals surface area contributed by atoms with Crippen molar-refractivity contribution in [3.05, 3.63) is 23.3 Å². The van der Waals surface area contributed by atoms with Crippen molar-refractivity contribution in [2.45, 2.75) is 100 Å². The van der Waals surface area contributed by atoms with Gasteiger partial charge in [0.2, 0.25) is 0 Å². The lowest BCUT2D eigenvalue weighted by molar-refractivity contribution is -0.0339. The van der Waals surface area contributed by atoms with Gasteiger partial charge in [-0.1, -0.05) is 0 Å². The maximum atomic E-state index is 11.2. The van der Waals surface area contributed by atoms with Gasteiger partial charge in [-0.3, -0.25) is 0 Å². The maximum Gasteiger partial charge on any atom is 0.127 e.